The quantitative estimate of drug-likeness (QED) is 0.257. The van der Waals surface area contributed by atoms with Gasteiger partial charge in [-0.05, 0) is 64.2 Å². The summed E-state index contributed by atoms with van der Waals surface area (Å²) in [4.78, 5) is 23.8. The lowest BCUT2D eigenvalue weighted by Gasteiger charge is -2.48. The van der Waals surface area contributed by atoms with Crippen LogP contribution in [0.5, 0.6) is 0 Å². The number of hydrogen-bond donors (Lipinski definition) is 4. The highest BCUT2D eigenvalue weighted by Crippen LogP contribution is 2.55. The summed E-state index contributed by atoms with van der Waals surface area (Å²) in [5.41, 5.74) is -1.26. The number of carboxylic acids is 2. The monoisotopic (exact) mass is 684 g/mol. The number of ether oxygens (including phenoxy) is 6. The summed E-state index contributed by atoms with van der Waals surface area (Å²) in [6.07, 6.45) is 1.79. The van der Waals surface area contributed by atoms with E-state index in [9.17, 15) is 30.0 Å². The molecule has 5 aliphatic heterocycles. The Labute approximate surface area is 285 Å². The summed E-state index contributed by atoms with van der Waals surface area (Å²) in [6.45, 7) is 15.5. The number of rotatable bonds is 10. The van der Waals surface area contributed by atoms with Crippen molar-refractivity contribution in [1.82, 2.24) is 0 Å². The summed E-state index contributed by atoms with van der Waals surface area (Å²) < 4.78 is 39.0. The lowest BCUT2D eigenvalue weighted by molar-refractivity contribution is -0.335. The molecular formula is C36H60O12. The molecule has 5 fully saturated rings. The lowest BCUT2D eigenvalue weighted by Crippen LogP contribution is -2.58. The number of aliphatic hydroxyl groups excluding tert-OH is 1. The molecule has 0 radical (unpaired) electrons. The van der Waals surface area contributed by atoms with Crippen LogP contribution in [-0.2, 0) is 38.0 Å². The molecule has 5 saturated heterocycles. The number of methoxy groups -OCH3 is 1. The van der Waals surface area contributed by atoms with Crippen LogP contribution in [0.3, 0.4) is 0 Å². The van der Waals surface area contributed by atoms with Crippen LogP contribution in [0.15, 0.2) is 0 Å². The van der Waals surface area contributed by atoms with Crippen molar-refractivity contribution >= 4 is 11.9 Å². The third-order valence-corrected chi connectivity index (χ3v) is 13.0. The Morgan fingerprint density at radius 2 is 1.67 bits per heavy atom. The van der Waals surface area contributed by atoms with Gasteiger partial charge < -0.3 is 48.8 Å². The molecule has 0 aromatic carbocycles. The molecule has 0 aliphatic carbocycles. The molecule has 48 heavy (non-hydrogen) atoms. The molecule has 0 aromatic heterocycles. The molecule has 12 heteroatoms. The largest absolute Gasteiger partial charge is 0.481 e. The predicted molar refractivity (Wildman–Crippen MR) is 173 cm³/mol. The minimum atomic E-state index is -2.24. The SMILES string of the molecule is CC[C@@]1([C@@H]2O[C@@H]([C@H]3O[C@@](O)(C(=O)O)[C@H](C)C[C@@H]3C)C[C@@H]2C)CC[C@H]([C@]2(C)CC[C@]3(C[C@H](O)[C@@H](C)[C@@H]([C@@H](C)[C@@H](OC)[C@H](C)C(=O)O)O3)O2)O1. The van der Waals surface area contributed by atoms with Crippen molar-refractivity contribution in [1.29, 1.82) is 0 Å². The number of aliphatic hydroxyl groups is 2. The van der Waals surface area contributed by atoms with E-state index >= 15 is 0 Å². The summed E-state index contributed by atoms with van der Waals surface area (Å²) in [5, 5.41) is 41.6. The molecule has 12 nitrogen and oxygen atoms in total. The van der Waals surface area contributed by atoms with E-state index < -0.39 is 71.0 Å². The Bertz CT molecular complexity index is 1180. The van der Waals surface area contributed by atoms with Gasteiger partial charge >= 0.3 is 11.9 Å². The number of carbonyl (C=O) groups is 2. The molecule has 276 valence electrons. The first-order chi connectivity index (χ1) is 22.4. The van der Waals surface area contributed by atoms with E-state index in [4.69, 9.17) is 28.4 Å². The zero-order valence-corrected chi connectivity index (χ0v) is 30.2. The molecule has 5 rings (SSSR count). The summed E-state index contributed by atoms with van der Waals surface area (Å²) in [7, 11) is 1.51. The van der Waals surface area contributed by atoms with E-state index in [-0.39, 0.29) is 42.0 Å². The number of aliphatic carboxylic acids is 2. The van der Waals surface area contributed by atoms with Crippen LogP contribution in [0.1, 0.15) is 107 Å². The Morgan fingerprint density at radius 1 is 0.979 bits per heavy atom. The molecular weight excluding hydrogens is 624 g/mol. The second-order valence-corrected chi connectivity index (χ2v) is 16.3. The first-order valence-corrected chi connectivity index (χ1v) is 18.1. The van der Waals surface area contributed by atoms with E-state index in [0.717, 1.165) is 19.3 Å². The van der Waals surface area contributed by atoms with E-state index in [0.29, 0.717) is 32.1 Å². The van der Waals surface area contributed by atoms with Gasteiger partial charge in [-0.2, -0.15) is 0 Å². The molecule has 0 unspecified atom stereocenters. The Morgan fingerprint density at radius 3 is 2.27 bits per heavy atom. The molecule has 17 atom stereocenters. The molecule has 0 amide bonds. The zero-order chi connectivity index (χ0) is 35.6. The highest BCUT2D eigenvalue weighted by molar-refractivity contribution is 5.75. The minimum Gasteiger partial charge on any atom is -0.481 e. The fraction of sp³-hybridized carbons (Fsp3) is 0.944. The van der Waals surface area contributed by atoms with Crippen molar-refractivity contribution < 1.29 is 58.4 Å². The molecule has 4 N–H and O–H groups in total. The molecule has 0 bridgehead atoms. The average molecular weight is 685 g/mol. The first kappa shape index (κ1) is 37.9. The van der Waals surface area contributed by atoms with Gasteiger partial charge in [0.25, 0.3) is 5.79 Å². The molecule has 0 aromatic rings. The Kier molecular flexibility index (Phi) is 10.8. The predicted octanol–water partition coefficient (Wildman–Crippen LogP) is 4.37. The molecule has 5 heterocycles. The smallest absolute Gasteiger partial charge is 0.364 e. The van der Waals surface area contributed by atoms with Gasteiger partial charge in [-0.25, -0.2) is 4.79 Å². The van der Waals surface area contributed by atoms with Crippen LogP contribution < -0.4 is 0 Å². The van der Waals surface area contributed by atoms with E-state index in [1.807, 2.05) is 20.8 Å². The second kappa shape index (κ2) is 13.6. The Balaban J connectivity index is 1.29. The maximum atomic E-state index is 12.0. The summed E-state index contributed by atoms with van der Waals surface area (Å²) >= 11 is 0. The molecule has 0 saturated carbocycles. The summed E-state index contributed by atoms with van der Waals surface area (Å²) in [5.74, 6) is -7.31. The van der Waals surface area contributed by atoms with E-state index in [1.165, 1.54) is 7.11 Å². The van der Waals surface area contributed by atoms with Crippen molar-refractivity contribution in [3.05, 3.63) is 0 Å². The lowest BCUT2D eigenvalue weighted by atomic mass is 9.78. The van der Waals surface area contributed by atoms with Crippen LogP contribution in [0.4, 0.5) is 0 Å². The topological polar surface area (TPSA) is 170 Å². The van der Waals surface area contributed by atoms with E-state index in [2.05, 4.69) is 20.8 Å². The van der Waals surface area contributed by atoms with Gasteiger partial charge in [-0.3, -0.25) is 4.79 Å². The fourth-order valence-electron chi connectivity index (χ4n) is 9.93. The first-order valence-electron chi connectivity index (χ1n) is 18.1. The van der Waals surface area contributed by atoms with Crippen molar-refractivity contribution in [3.63, 3.8) is 0 Å². The highest BCUT2D eigenvalue weighted by Gasteiger charge is 2.62. The van der Waals surface area contributed by atoms with Gasteiger partial charge in [0.2, 0.25) is 0 Å². The van der Waals surface area contributed by atoms with Crippen molar-refractivity contribution in [3.8, 4) is 0 Å². The van der Waals surface area contributed by atoms with Gasteiger partial charge in [0.05, 0.1) is 59.8 Å². The van der Waals surface area contributed by atoms with Crippen molar-refractivity contribution in [2.45, 2.75) is 172 Å². The Hall–Kier alpha value is -1.38. The standard InChI is InChI=1S/C36H60O12/c1-10-34(30-19(3)16-25(44-30)27-18(2)15-20(4)36(42,47-27)32(40)41)12-11-26(45-34)33(8)13-14-35(48-33)17-24(37)21(5)29(46-35)22(6)28(43-9)23(7)31(38)39/h18-30,37,42H,10-17H2,1-9H3,(H,38,39)(H,40,41)/t18-,19-,20+,21+,22-,23-,24-,25+,26+,27-,28+,29-,30+,33-,34-,35+,36+/m0/s1. The maximum Gasteiger partial charge on any atom is 0.364 e. The average Bonchev–Trinajstić information content (AvgIpc) is 3.73. The van der Waals surface area contributed by atoms with Crippen LogP contribution in [0, 0.1) is 35.5 Å². The zero-order valence-electron chi connectivity index (χ0n) is 30.2. The van der Waals surface area contributed by atoms with Crippen LogP contribution >= 0.6 is 0 Å². The molecule has 1 spiro atoms. The van der Waals surface area contributed by atoms with Crippen LogP contribution in [0.25, 0.3) is 0 Å². The van der Waals surface area contributed by atoms with Gasteiger partial charge in [0.15, 0.2) is 5.79 Å². The van der Waals surface area contributed by atoms with Gasteiger partial charge in [0.1, 0.15) is 0 Å². The molecule has 5 aliphatic rings. The normalized spacial score (nSPS) is 50.0. The van der Waals surface area contributed by atoms with Gasteiger partial charge in [0, 0.05) is 37.7 Å². The third-order valence-electron chi connectivity index (χ3n) is 13.0. The van der Waals surface area contributed by atoms with Crippen molar-refractivity contribution in [2.75, 3.05) is 7.11 Å². The van der Waals surface area contributed by atoms with Crippen LogP contribution in [-0.4, -0.2) is 105 Å². The van der Waals surface area contributed by atoms with E-state index in [1.54, 1.807) is 13.8 Å². The van der Waals surface area contributed by atoms with Crippen LogP contribution in [0.2, 0.25) is 0 Å². The number of carboxylic acid groups (broad SMARTS) is 2. The van der Waals surface area contributed by atoms with Gasteiger partial charge in [-0.1, -0.05) is 41.5 Å². The van der Waals surface area contributed by atoms with Gasteiger partial charge in [-0.15, -0.1) is 0 Å². The van der Waals surface area contributed by atoms with Crippen molar-refractivity contribution in [2.24, 2.45) is 35.5 Å². The third kappa shape index (κ3) is 6.46. The fourth-order valence-corrected chi connectivity index (χ4v) is 9.93. The second-order valence-electron chi connectivity index (χ2n) is 16.3. The maximum absolute atomic E-state index is 12.0. The minimum absolute atomic E-state index is 0.0130. The highest BCUT2D eigenvalue weighted by atomic mass is 16.7. The summed E-state index contributed by atoms with van der Waals surface area (Å²) in [6, 6.07) is 0. The number of hydrogen-bond acceptors (Lipinski definition) is 10.